The average Bonchev–Trinajstić information content (AvgIpc) is 3.07. The van der Waals surface area contributed by atoms with E-state index in [9.17, 15) is 8.42 Å². The molecule has 0 saturated carbocycles. The Hall–Kier alpha value is -3.34. The molecule has 27 heavy (non-hydrogen) atoms. The smallest absolute Gasteiger partial charge is 0.263 e. The Labute approximate surface area is 154 Å². The van der Waals surface area contributed by atoms with Gasteiger partial charge in [0.25, 0.3) is 10.0 Å². The fourth-order valence-electron chi connectivity index (χ4n) is 2.40. The van der Waals surface area contributed by atoms with Crippen molar-refractivity contribution in [3.8, 4) is 11.5 Å². The third-order valence-electron chi connectivity index (χ3n) is 3.61. The first-order valence-electron chi connectivity index (χ1n) is 7.96. The zero-order valence-electron chi connectivity index (χ0n) is 14.2. The predicted molar refractivity (Wildman–Crippen MR) is 94.8 cm³/mol. The second kappa shape index (κ2) is 6.76. The fraction of sp³-hybridized carbons (Fsp3) is 0.188. The first-order chi connectivity index (χ1) is 13.0. The highest BCUT2D eigenvalue weighted by atomic mass is 32.2. The van der Waals surface area contributed by atoms with Crippen molar-refractivity contribution in [1.29, 1.82) is 0 Å². The zero-order chi connectivity index (χ0) is 18.9. The van der Waals surface area contributed by atoms with Gasteiger partial charge in [-0.15, -0.1) is 10.2 Å². The lowest BCUT2D eigenvalue weighted by atomic mass is 10.3. The molecule has 0 saturated heterocycles. The number of hydrogen-bond donors (Lipinski definition) is 2. The summed E-state index contributed by atoms with van der Waals surface area (Å²) in [4.78, 5) is 0.0359. The van der Waals surface area contributed by atoms with Crippen molar-refractivity contribution in [2.45, 2.75) is 11.8 Å². The number of nitrogens with zero attached hydrogens (tertiary/aromatic N) is 3. The molecule has 10 nitrogen and oxygen atoms in total. The van der Waals surface area contributed by atoms with Crippen LogP contribution in [-0.2, 0) is 10.0 Å². The highest BCUT2D eigenvalue weighted by molar-refractivity contribution is 7.92. The lowest BCUT2D eigenvalue weighted by molar-refractivity contribution is 0.171. The minimum Gasteiger partial charge on any atom is -0.486 e. The Kier molecular flexibility index (Phi) is 4.28. The van der Waals surface area contributed by atoms with Gasteiger partial charge in [-0.25, -0.2) is 8.42 Å². The molecule has 3 heterocycles. The number of fused-ring (bicyclic) bond motifs is 1. The first-order valence-corrected chi connectivity index (χ1v) is 9.44. The summed E-state index contributed by atoms with van der Waals surface area (Å²) in [5.41, 5.74) is 0. The van der Waals surface area contributed by atoms with Gasteiger partial charge in [0.1, 0.15) is 19.0 Å². The van der Waals surface area contributed by atoms with Gasteiger partial charge in [0.15, 0.2) is 29.0 Å². The maximum absolute atomic E-state index is 12.6. The number of rotatable bonds is 5. The van der Waals surface area contributed by atoms with Gasteiger partial charge in [0.05, 0.1) is 4.90 Å². The highest BCUT2D eigenvalue weighted by Gasteiger charge is 2.20. The molecule has 3 aromatic rings. The van der Waals surface area contributed by atoms with Crippen LogP contribution in [0.3, 0.4) is 0 Å². The molecule has 0 atom stereocenters. The van der Waals surface area contributed by atoms with E-state index in [2.05, 4.69) is 25.4 Å². The van der Waals surface area contributed by atoms with Crippen LogP contribution in [0.25, 0.3) is 0 Å². The van der Waals surface area contributed by atoms with Gasteiger partial charge in [-0.2, -0.15) is 0 Å². The van der Waals surface area contributed by atoms with Crippen molar-refractivity contribution in [3.63, 3.8) is 0 Å². The van der Waals surface area contributed by atoms with E-state index in [-0.39, 0.29) is 10.7 Å². The van der Waals surface area contributed by atoms with Crippen LogP contribution in [0.4, 0.5) is 17.5 Å². The van der Waals surface area contributed by atoms with Crippen molar-refractivity contribution in [1.82, 2.24) is 15.4 Å². The van der Waals surface area contributed by atoms with Crippen molar-refractivity contribution >= 4 is 27.5 Å². The molecule has 0 radical (unpaired) electrons. The molecule has 140 valence electrons. The molecule has 1 aliphatic heterocycles. The molecule has 0 fully saturated rings. The van der Waals surface area contributed by atoms with Gasteiger partial charge < -0.3 is 19.3 Å². The number of benzene rings is 1. The van der Waals surface area contributed by atoms with Gasteiger partial charge in [-0.3, -0.25) is 4.72 Å². The summed E-state index contributed by atoms with van der Waals surface area (Å²) in [6.45, 7) is 2.57. The van der Waals surface area contributed by atoms with E-state index >= 15 is 0 Å². The molecule has 0 bridgehead atoms. The van der Waals surface area contributed by atoms with E-state index in [1.807, 2.05) is 0 Å². The van der Waals surface area contributed by atoms with Gasteiger partial charge in [0, 0.05) is 12.1 Å². The van der Waals surface area contributed by atoms with Crippen LogP contribution in [0.2, 0.25) is 0 Å². The molecule has 11 heteroatoms. The van der Waals surface area contributed by atoms with E-state index in [0.29, 0.717) is 42.1 Å². The van der Waals surface area contributed by atoms with Crippen LogP contribution in [0, 0.1) is 6.92 Å². The van der Waals surface area contributed by atoms with Gasteiger partial charge in [0.2, 0.25) is 0 Å². The topological polar surface area (TPSA) is 128 Å². The summed E-state index contributed by atoms with van der Waals surface area (Å²) in [6.07, 6.45) is 0. The van der Waals surface area contributed by atoms with E-state index in [0.717, 1.165) is 0 Å². The summed E-state index contributed by atoms with van der Waals surface area (Å²) in [6, 6.07) is 9.15. The monoisotopic (exact) mass is 389 g/mol. The number of aryl methyl sites for hydroxylation is 1. The standard InChI is InChI=1S/C16H15N5O5S/c1-10-8-16(20-26-10)17-14-4-5-15(19-18-14)21-27(22,23)11-2-3-12-13(9-11)25-7-6-24-12/h2-5,8-9H,6-7H2,1H3,(H,19,21)(H,17,18,20). The molecule has 0 amide bonds. The Morgan fingerprint density at radius 3 is 2.37 bits per heavy atom. The summed E-state index contributed by atoms with van der Waals surface area (Å²) in [5, 5.41) is 14.5. The molecule has 1 aromatic carbocycles. The van der Waals surface area contributed by atoms with Crippen LogP contribution in [0.5, 0.6) is 11.5 Å². The number of anilines is 3. The Balaban J connectivity index is 1.49. The van der Waals surface area contributed by atoms with Crippen molar-refractivity contribution in [3.05, 3.63) is 42.2 Å². The second-order valence-corrected chi connectivity index (χ2v) is 7.34. The van der Waals surface area contributed by atoms with E-state index < -0.39 is 10.0 Å². The van der Waals surface area contributed by atoms with Crippen LogP contribution >= 0.6 is 0 Å². The van der Waals surface area contributed by atoms with Crippen molar-refractivity contribution in [2.75, 3.05) is 23.3 Å². The molecule has 0 aliphatic carbocycles. The fourth-order valence-corrected chi connectivity index (χ4v) is 3.41. The number of aromatic nitrogens is 3. The third-order valence-corrected chi connectivity index (χ3v) is 4.96. The maximum atomic E-state index is 12.6. The van der Waals surface area contributed by atoms with Gasteiger partial charge >= 0.3 is 0 Å². The Bertz CT molecular complexity index is 1070. The molecule has 0 unspecified atom stereocenters. The zero-order valence-corrected chi connectivity index (χ0v) is 15.0. The van der Waals surface area contributed by atoms with Gasteiger partial charge in [-0.05, 0) is 31.2 Å². The van der Waals surface area contributed by atoms with Crippen LogP contribution in [-0.4, -0.2) is 37.0 Å². The van der Waals surface area contributed by atoms with E-state index in [4.69, 9.17) is 14.0 Å². The lowest BCUT2D eigenvalue weighted by Gasteiger charge is -2.18. The van der Waals surface area contributed by atoms with Crippen LogP contribution in [0.1, 0.15) is 5.76 Å². The molecular weight excluding hydrogens is 374 g/mol. The number of sulfonamides is 1. The Morgan fingerprint density at radius 1 is 0.926 bits per heavy atom. The maximum Gasteiger partial charge on any atom is 0.263 e. The average molecular weight is 389 g/mol. The molecule has 4 rings (SSSR count). The summed E-state index contributed by atoms with van der Waals surface area (Å²) >= 11 is 0. The summed E-state index contributed by atoms with van der Waals surface area (Å²) in [5.74, 6) is 2.49. The summed E-state index contributed by atoms with van der Waals surface area (Å²) < 4.78 is 43.2. The molecule has 1 aliphatic rings. The third kappa shape index (κ3) is 3.77. The minimum atomic E-state index is -3.85. The highest BCUT2D eigenvalue weighted by Crippen LogP contribution is 2.32. The van der Waals surface area contributed by atoms with E-state index in [1.165, 1.54) is 18.2 Å². The quantitative estimate of drug-likeness (QED) is 0.674. The van der Waals surface area contributed by atoms with Crippen LogP contribution < -0.4 is 19.5 Å². The number of hydrogen-bond acceptors (Lipinski definition) is 9. The van der Waals surface area contributed by atoms with Crippen LogP contribution in [0.15, 0.2) is 45.8 Å². The number of nitrogens with one attached hydrogen (secondary N) is 2. The SMILES string of the molecule is Cc1cc(Nc2ccc(NS(=O)(=O)c3ccc4c(c3)OCCO4)nn2)no1. The molecular formula is C16H15N5O5S. The minimum absolute atomic E-state index is 0.0359. The predicted octanol–water partition coefficient (Wildman–Crippen LogP) is 2.09. The van der Waals surface area contributed by atoms with Crippen molar-refractivity contribution in [2.24, 2.45) is 0 Å². The molecule has 2 aromatic heterocycles. The van der Waals surface area contributed by atoms with Crippen molar-refractivity contribution < 1.29 is 22.4 Å². The van der Waals surface area contributed by atoms with Gasteiger partial charge in [-0.1, -0.05) is 5.16 Å². The van der Waals surface area contributed by atoms with E-state index in [1.54, 1.807) is 25.1 Å². The largest absolute Gasteiger partial charge is 0.486 e. The number of ether oxygens (including phenoxy) is 2. The molecule has 2 N–H and O–H groups in total. The normalized spacial score (nSPS) is 13.2. The summed E-state index contributed by atoms with van der Waals surface area (Å²) in [7, 11) is -3.85. The molecule has 0 spiro atoms. The second-order valence-electron chi connectivity index (χ2n) is 5.66. The Morgan fingerprint density at radius 2 is 1.67 bits per heavy atom. The first kappa shape index (κ1) is 17.1. The lowest BCUT2D eigenvalue weighted by Crippen LogP contribution is -2.18.